The molecule has 1 atom stereocenters. The predicted molar refractivity (Wildman–Crippen MR) is 99.7 cm³/mol. The van der Waals surface area contributed by atoms with Gasteiger partial charge in [-0.3, -0.25) is 14.8 Å². The lowest BCUT2D eigenvalue weighted by atomic mass is 10.1. The molecule has 7 nitrogen and oxygen atoms in total. The molecule has 7 heteroatoms. The summed E-state index contributed by atoms with van der Waals surface area (Å²) in [6.45, 7) is 4.96. The van der Waals surface area contributed by atoms with Gasteiger partial charge in [-0.05, 0) is 50.2 Å². The summed E-state index contributed by atoms with van der Waals surface area (Å²) in [7, 11) is 3.19. The second-order valence-electron chi connectivity index (χ2n) is 6.37. The molecule has 0 bridgehead atoms. The molecule has 2 aromatic rings. The van der Waals surface area contributed by atoms with Gasteiger partial charge < -0.3 is 14.8 Å². The first kappa shape index (κ1) is 18.3. The van der Waals surface area contributed by atoms with Gasteiger partial charge in [-0.25, -0.2) is 0 Å². The van der Waals surface area contributed by atoms with Crippen LogP contribution in [0.25, 0.3) is 11.3 Å². The van der Waals surface area contributed by atoms with Crippen molar-refractivity contribution < 1.29 is 14.3 Å². The number of carbonyl (C=O) groups excluding carboxylic acids is 1. The zero-order chi connectivity index (χ0) is 18.5. The summed E-state index contributed by atoms with van der Waals surface area (Å²) in [5, 5.41) is 10.1. The number of likely N-dealkylation sites (N-methyl/N-ethyl adjacent to an activating group) is 1. The number of rotatable bonds is 7. The third kappa shape index (κ3) is 3.83. The Hall–Kier alpha value is -2.54. The maximum atomic E-state index is 12.4. The number of nitrogens with zero attached hydrogens (tertiary/aromatic N) is 2. The predicted octanol–water partition coefficient (Wildman–Crippen LogP) is 2.31. The van der Waals surface area contributed by atoms with Crippen molar-refractivity contribution in [3.05, 3.63) is 30.0 Å². The summed E-state index contributed by atoms with van der Waals surface area (Å²) < 4.78 is 10.6. The van der Waals surface area contributed by atoms with E-state index < -0.39 is 0 Å². The van der Waals surface area contributed by atoms with Crippen molar-refractivity contribution >= 4 is 5.91 Å². The maximum absolute atomic E-state index is 12.4. The lowest BCUT2D eigenvalue weighted by Gasteiger charge is -2.22. The van der Waals surface area contributed by atoms with Crippen molar-refractivity contribution in [2.24, 2.45) is 0 Å². The Bertz CT molecular complexity index is 759. The molecule has 1 aromatic heterocycles. The highest BCUT2D eigenvalue weighted by Gasteiger charge is 2.23. The number of H-pyrrole nitrogens is 1. The van der Waals surface area contributed by atoms with E-state index in [0.29, 0.717) is 35.5 Å². The van der Waals surface area contributed by atoms with E-state index in [1.807, 2.05) is 18.2 Å². The molecule has 1 fully saturated rings. The zero-order valence-electron chi connectivity index (χ0n) is 15.5. The smallest absolute Gasteiger partial charge is 0.269 e. The number of likely N-dealkylation sites (tertiary alicyclic amines) is 1. The minimum Gasteiger partial charge on any atom is -0.493 e. The van der Waals surface area contributed by atoms with Crippen LogP contribution < -0.4 is 14.8 Å². The molecule has 1 saturated heterocycles. The molecule has 1 aromatic carbocycles. The lowest BCUT2D eigenvalue weighted by molar-refractivity contribution is 0.0936. The minimum atomic E-state index is -0.132. The molecule has 0 aliphatic carbocycles. The van der Waals surface area contributed by atoms with Crippen LogP contribution in [0.3, 0.4) is 0 Å². The van der Waals surface area contributed by atoms with Crippen molar-refractivity contribution in [2.75, 3.05) is 33.9 Å². The summed E-state index contributed by atoms with van der Waals surface area (Å²) >= 11 is 0. The molecule has 0 saturated carbocycles. The Morgan fingerprint density at radius 1 is 1.31 bits per heavy atom. The van der Waals surface area contributed by atoms with Gasteiger partial charge in [0.25, 0.3) is 5.91 Å². The molecular formula is C19H26N4O3. The van der Waals surface area contributed by atoms with Crippen molar-refractivity contribution in [3.8, 4) is 22.8 Å². The number of carbonyl (C=O) groups is 1. The second-order valence-corrected chi connectivity index (χ2v) is 6.37. The van der Waals surface area contributed by atoms with Gasteiger partial charge in [0.05, 0.1) is 19.9 Å². The van der Waals surface area contributed by atoms with Crippen LogP contribution in [0.5, 0.6) is 11.5 Å². The van der Waals surface area contributed by atoms with E-state index in [0.717, 1.165) is 25.1 Å². The Morgan fingerprint density at radius 3 is 2.85 bits per heavy atom. The summed E-state index contributed by atoms with van der Waals surface area (Å²) in [5.74, 6) is 1.15. The van der Waals surface area contributed by atoms with Gasteiger partial charge in [0.2, 0.25) is 0 Å². The minimum absolute atomic E-state index is 0.132. The topological polar surface area (TPSA) is 79.5 Å². The van der Waals surface area contributed by atoms with Crippen molar-refractivity contribution in [1.29, 1.82) is 0 Å². The van der Waals surface area contributed by atoms with Crippen LogP contribution in [0.1, 0.15) is 30.3 Å². The Morgan fingerprint density at radius 2 is 2.12 bits per heavy atom. The van der Waals surface area contributed by atoms with Gasteiger partial charge in [-0.1, -0.05) is 6.92 Å². The van der Waals surface area contributed by atoms with Gasteiger partial charge in [0.1, 0.15) is 5.69 Å². The maximum Gasteiger partial charge on any atom is 0.269 e. The third-order valence-electron chi connectivity index (χ3n) is 4.91. The standard InChI is InChI=1S/C19H26N4O3/c1-4-23-9-5-6-14(23)12-20-19(24)16-11-15(21-22-16)13-7-8-17(25-2)18(10-13)26-3/h7-8,10-11,14H,4-6,9,12H2,1-3H3,(H,20,24)(H,21,22)/t14-/m1/s1. The van der Waals surface area contributed by atoms with Crippen LogP contribution in [0.4, 0.5) is 0 Å². The van der Waals surface area contributed by atoms with E-state index in [4.69, 9.17) is 9.47 Å². The highest BCUT2D eigenvalue weighted by atomic mass is 16.5. The van der Waals surface area contributed by atoms with Gasteiger partial charge >= 0.3 is 0 Å². The molecule has 0 spiro atoms. The molecule has 1 amide bonds. The zero-order valence-corrected chi connectivity index (χ0v) is 15.5. The van der Waals surface area contributed by atoms with Gasteiger partial charge in [-0.2, -0.15) is 5.10 Å². The summed E-state index contributed by atoms with van der Waals surface area (Å²) in [4.78, 5) is 14.8. The quantitative estimate of drug-likeness (QED) is 0.794. The molecular weight excluding hydrogens is 332 g/mol. The van der Waals surface area contributed by atoms with Crippen LogP contribution in [0.2, 0.25) is 0 Å². The molecule has 2 heterocycles. The van der Waals surface area contributed by atoms with Crippen molar-refractivity contribution in [3.63, 3.8) is 0 Å². The highest BCUT2D eigenvalue weighted by molar-refractivity contribution is 5.93. The number of benzene rings is 1. The Labute approximate surface area is 153 Å². The molecule has 26 heavy (non-hydrogen) atoms. The van der Waals surface area contributed by atoms with E-state index in [1.165, 1.54) is 6.42 Å². The van der Waals surface area contributed by atoms with Crippen molar-refractivity contribution in [2.45, 2.75) is 25.8 Å². The first-order chi connectivity index (χ1) is 12.7. The average molecular weight is 358 g/mol. The normalized spacial score (nSPS) is 17.3. The summed E-state index contributed by atoms with van der Waals surface area (Å²) in [6.07, 6.45) is 2.33. The lowest BCUT2D eigenvalue weighted by Crippen LogP contribution is -2.40. The molecule has 2 N–H and O–H groups in total. The SMILES string of the molecule is CCN1CCC[C@@H]1CNC(=O)c1cc(-c2ccc(OC)c(OC)c2)n[nH]1. The number of hydrogen-bond donors (Lipinski definition) is 2. The molecule has 0 radical (unpaired) electrons. The first-order valence-electron chi connectivity index (χ1n) is 8.96. The van der Waals surface area contributed by atoms with E-state index >= 15 is 0 Å². The van der Waals surface area contributed by atoms with Crippen LogP contribution >= 0.6 is 0 Å². The van der Waals surface area contributed by atoms with E-state index in [9.17, 15) is 4.79 Å². The van der Waals surface area contributed by atoms with Crippen LogP contribution in [-0.2, 0) is 0 Å². The molecule has 1 aliphatic heterocycles. The molecule has 0 unspecified atom stereocenters. The second kappa shape index (κ2) is 8.23. The summed E-state index contributed by atoms with van der Waals surface area (Å²) in [5.41, 5.74) is 1.99. The number of ether oxygens (including phenoxy) is 2. The van der Waals surface area contributed by atoms with Crippen molar-refractivity contribution in [1.82, 2.24) is 20.4 Å². The number of hydrogen-bond acceptors (Lipinski definition) is 5. The van der Waals surface area contributed by atoms with E-state index in [-0.39, 0.29) is 5.91 Å². The monoisotopic (exact) mass is 358 g/mol. The van der Waals surface area contributed by atoms with Crippen LogP contribution in [0.15, 0.2) is 24.3 Å². The largest absolute Gasteiger partial charge is 0.493 e. The third-order valence-corrected chi connectivity index (χ3v) is 4.91. The fraction of sp³-hybridized carbons (Fsp3) is 0.474. The number of methoxy groups -OCH3 is 2. The number of aromatic amines is 1. The highest BCUT2D eigenvalue weighted by Crippen LogP contribution is 2.31. The van der Waals surface area contributed by atoms with Gasteiger partial charge in [-0.15, -0.1) is 0 Å². The van der Waals surface area contributed by atoms with Gasteiger partial charge in [0.15, 0.2) is 11.5 Å². The fourth-order valence-electron chi connectivity index (χ4n) is 3.43. The fourth-order valence-corrected chi connectivity index (χ4v) is 3.43. The first-order valence-corrected chi connectivity index (χ1v) is 8.96. The molecule has 1 aliphatic rings. The number of nitrogens with one attached hydrogen (secondary N) is 2. The van der Waals surface area contributed by atoms with Gasteiger partial charge in [0, 0.05) is 18.2 Å². The van der Waals surface area contributed by atoms with E-state index in [2.05, 4.69) is 27.3 Å². The number of amides is 1. The van der Waals surface area contributed by atoms with E-state index in [1.54, 1.807) is 20.3 Å². The molecule has 3 rings (SSSR count). The van der Waals surface area contributed by atoms with Crippen LogP contribution in [0, 0.1) is 0 Å². The Balaban J connectivity index is 1.66. The average Bonchev–Trinajstić information content (AvgIpc) is 3.34. The number of aromatic nitrogens is 2. The molecule has 140 valence electrons. The van der Waals surface area contributed by atoms with Crippen LogP contribution in [-0.4, -0.2) is 60.9 Å². The Kier molecular flexibility index (Phi) is 5.78. The summed E-state index contributed by atoms with van der Waals surface area (Å²) in [6, 6.07) is 7.73.